The highest BCUT2D eigenvalue weighted by Gasteiger charge is 2.16. The van der Waals surface area contributed by atoms with Crippen LogP contribution >= 0.6 is 11.6 Å². The lowest BCUT2D eigenvalue weighted by Gasteiger charge is -2.15. The van der Waals surface area contributed by atoms with E-state index >= 15 is 0 Å². The highest BCUT2D eigenvalue weighted by molar-refractivity contribution is 6.31. The molecular formula is C19H16ClN3O2. The van der Waals surface area contributed by atoms with Gasteiger partial charge in [-0.1, -0.05) is 17.7 Å². The first-order chi connectivity index (χ1) is 12.1. The van der Waals surface area contributed by atoms with Crippen molar-refractivity contribution in [3.05, 3.63) is 52.7 Å². The summed E-state index contributed by atoms with van der Waals surface area (Å²) in [6, 6.07) is 11.5. The summed E-state index contributed by atoms with van der Waals surface area (Å²) < 4.78 is 10.8. The van der Waals surface area contributed by atoms with Crippen molar-refractivity contribution in [2.75, 3.05) is 19.5 Å². The summed E-state index contributed by atoms with van der Waals surface area (Å²) in [4.78, 5) is 4.37. The maximum atomic E-state index is 9.47. The van der Waals surface area contributed by atoms with Crippen LogP contribution in [0.15, 0.2) is 36.5 Å². The molecule has 1 heterocycles. The molecule has 1 N–H and O–H groups in total. The number of benzene rings is 2. The molecule has 2 aromatic carbocycles. The van der Waals surface area contributed by atoms with Crippen LogP contribution in [-0.2, 0) is 0 Å². The Morgan fingerprint density at radius 2 is 1.96 bits per heavy atom. The van der Waals surface area contributed by atoms with Crippen molar-refractivity contribution >= 4 is 33.9 Å². The monoisotopic (exact) mass is 353 g/mol. The van der Waals surface area contributed by atoms with Crippen LogP contribution in [0.4, 0.5) is 11.4 Å². The summed E-state index contributed by atoms with van der Waals surface area (Å²) in [5, 5.41) is 14.2. The van der Waals surface area contributed by atoms with Gasteiger partial charge in [-0.15, -0.1) is 0 Å². The standard InChI is InChI=1S/C19H16ClN3O2/c1-11-4-5-13(8-15(11)20)23-17-12(9-21)10-22-18-14(17)6-7-16(24-2)19(18)25-3/h4-8,10H,1-3H3,(H,22,23). The maximum Gasteiger partial charge on any atom is 0.187 e. The van der Waals surface area contributed by atoms with E-state index in [1.165, 1.54) is 6.20 Å². The van der Waals surface area contributed by atoms with Gasteiger partial charge >= 0.3 is 0 Å². The predicted octanol–water partition coefficient (Wildman–Crippen LogP) is 4.83. The van der Waals surface area contributed by atoms with E-state index in [1.807, 2.05) is 31.2 Å². The number of aryl methyl sites for hydroxylation is 1. The Morgan fingerprint density at radius 3 is 2.60 bits per heavy atom. The molecule has 0 aliphatic rings. The Morgan fingerprint density at radius 1 is 1.16 bits per heavy atom. The molecular weight excluding hydrogens is 338 g/mol. The fourth-order valence-electron chi connectivity index (χ4n) is 2.61. The average Bonchev–Trinajstić information content (AvgIpc) is 2.63. The van der Waals surface area contributed by atoms with Crippen LogP contribution in [0.2, 0.25) is 5.02 Å². The van der Waals surface area contributed by atoms with Crippen LogP contribution in [0.5, 0.6) is 11.5 Å². The Labute approximate surface area is 150 Å². The smallest absolute Gasteiger partial charge is 0.187 e. The number of pyridine rings is 1. The summed E-state index contributed by atoms with van der Waals surface area (Å²) in [5.41, 5.74) is 3.46. The fourth-order valence-corrected chi connectivity index (χ4v) is 2.79. The summed E-state index contributed by atoms with van der Waals surface area (Å²) in [6.07, 6.45) is 1.52. The number of nitrogens with zero attached hydrogens (tertiary/aromatic N) is 2. The Kier molecular flexibility index (Phi) is 4.64. The molecule has 5 nitrogen and oxygen atoms in total. The van der Waals surface area contributed by atoms with E-state index in [4.69, 9.17) is 21.1 Å². The largest absolute Gasteiger partial charge is 0.493 e. The minimum Gasteiger partial charge on any atom is -0.493 e. The van der Waals surface area contributed by atoms with Crippen LogP contribution in [0.1, 0.15) is 11.1 Å². The maximum absolute atomic E-state index is 9.47. The van der Waals surface area contributed by atoms with E-state index in [0.29, 0.717) is 33.3 Å². The number of rotatable bonds is 4. The van der Waals surface area contributed by atoms with Gasteiger partial charge in [-0.25, -0.2) is 0 Å². The van der Waals surface area contributed by atoms with Gasteiger partial charge in [0.2, 0.25) is 0 Å². The van der Waals surface area contributed by atoms with Gasteiger partial charge in [0.05, 0.1) is 25.5 Å². The highest BCUT2D eigenvalue weighted by Crippen LogP contribution is 2.39. The van der Waals surface area contributed by atoms with Crippen molar-refractivity contribution < 1.29 is 9.47 Å². The van der Waals surface area contributed by atoms with Gasteiger partial charge in [0, 0.05) is 22.3 Å². The number of fused-ring (bicyclic) bond motifs is 1. The normalized spacial score (nSPS) is 10.4. The summed E-state index contributed by atoms with van der Waals surface area (Å²) in [6.45, 7) is 1.94. The third-order valence-electron chi connectivity index (χ3n) is 3.94. The van der Waals surface area contributed by atoms with Crippen molar-refractivity contribution in [1.29, 1.82) is 5.26 Å². The predicted molar refractivity (Wildman–Crippen MR) is 99.0 cm³/mol. The molecule has 0 aliphatic carbocycles. The Balaban J connectivity index is 2.21. The van der Waals surface area contributed by atoms with Crippen LogP contribution in [0.3, 0.4) is 0 Å². The molecule has 1 aromatic heterocycles. The van der Waals surface area contributed by atoms with E-state index in [1.54, 1.807) is 20.3 Å². The topological polar surface area (TPSA) is 67.2 Å². The third kappa shape index (κ3) is 3.04. The number of aromatic nitrogens is 1. The van der Waals surface area contributed by atoms with Gasteiger partial charge in [-0.3, -0.25) is 4.98 Å². The zero-order valence-corrected chi connectivity index (χ0v) is 14.8. The number of hydrogen-bond donors (Lipinski definition) is 1. The zero-order valence-electron chi connectivity index (χ0n) is 14.1. The molecule has 0 radical (unpaired) electrons. The molecule has 0 aliphatic heterocycles. The molecule has 0 fully saturated rings. The second-order valence-electron chi connectivity index (χ2n) is 5.44. The SMILES string of the molecule is COc1ccc2c(Nc3ccc(C)c(Cl)c3)c(C#N)cnc2c1OC. The van der Waals surface area contributed by atoms with E-state index < -0.39 is 0 Å². The molecule has 3 aromatic rings. The molecule has 0 saturated heterocycles. The van der Waals surface area contributed by atoms with Crippen LogP contribution in [0.25, 0.3) is 10.9 Å². The van der Waals surface area contributed by atoms with Crippen LogP contribution < -0.4 is 14.8 Å². The summed E-state index contributed by atoms with van der Waals surface area (Å²) in [7, 11) is 3.13. The van der Waals surface area contributed by atoms with E-state index in [9.17, 15) is 5.26 Å². The molecule has 0 spiro atoms. The zero-order chi connectivity index (χ0) is 18.0. The first-order valence-corrected chi connectivity index (χ1v) is 7.93. The highest BCUT2D eigenvalue weighted by atomic mass is 35.5. The number of ether oxygens (including phenoxy) is 2. The lowest BCUT2D eigenvalue weighted by Crippen LogP contribution is -1.99. The Bertz CT molecular complexity index is 996. The molecule has 0 unspecified atom stereocenters. The number of nitrogens with one attached hydrogen (secondary N) is 1. The molecule has 126 valence electrons. The fraction of sp³-hybridized carbons (Fsp3) is 0.158. The molecule has 0 atom stereocenters. The van der Waals surface area contributed by atoms with E-state index in [2.05, 4.69) is 16.4 Å². The number of halogens is 1. The van der Waals surface area contributed by atoms with Gasteiger partial charge in [-0.05, 0) is 36.8 Å². The molecule has 6 heteroatoms. The number of methoxy groups -OCH3 is 2. The van der Waals surface area contributed by atoms with E-state index in [0.717, 1.165) is 16.6 Å². The van der Waals surface area contributed by atoms with Gasteiger partial charge in [-0.2, -0.15) is 5.26 Å². The molecule has 25 heavy (non-hydrogen) atoms. The summed E-state index contributed by atoms with van der Waals surface area (Å²) >= 11 is 6.21. The quantitative estimate of drug-likeness (QED) is 0.727. The second kappa shape index (κ2) is 6.88. The van der Waals surface area contributed by atoms with Gasteiger partial charge < -0.3 is 14.8 Å². The molecule has 0 bridgehead atoms. The van der Waals surface area contributed by atoms with Crippen LogP contribution in [-0.4, -0.2) is 19.2 Å². The molecule has 0 amide bonds. The minimum atomic E-state index is 0.427. The number of anilines is 2. The summed E-state index contributed by atoms with van der Waals surface area (Å²) in [5.74, 6) is 1.10. The minimum absolute atomic E-state index is 0.427. The van der Waals surface area contributed by atoms with Crippen molar-refractivity contribution in [2.24, 2.45) is 0 Å². The number of nitriles is 1. The van der Waals surface area contributed by atoms with Crippen molar-refractivity contribution in [3.63, 3.8) is 0 Å². The lowest BCUT2D eigenvalue weighted by molar-refractivity contribution is 0.358. The van der Waals surface area contributed by atoms with Gasteiger partial charge in [0.25, 0.3) is 0 Å². The molecule has 0 saturated carbocycles. The lowest BCUT2D eigenvalue weighted by atomic mass is 10.1. The average molecular weight is 354 g/mol. The second-order valence-corrected chi connectivity index (χ2v) is 5.85. The van der Waals surface area contributed by atoms with Crippen LogP contribution in [0, 0.1) is 18.3 Å². The van der Waals surface area contributed by atoms with Gasteiger partial charge in [0.15, 0.2) is 11.5 Å². The molecule has 3 rings (SSSR count). The van der Waals surface area contributed by atoms with Crippen molar-refractivity contribution in [1.82, 2.24) is 4.98 Å². The van der Waals surface area contributed by atoms with Crippen molar-refractivity contribution in [3.8, 4) is 17.6 Å². The first kappa shape index (κ1) is 16.9. The first-order valence-electron chi connectivity index (χ1n) is 7.56. The third-order valence-corrected chi connectivity index (χ3v) is 4.35. The number of hydrogen-bond acceptors (Lipinski definition) is 5. The van der Waals surface area contributed by atoms with Gasteiger partial charge in [0.1, 0.15) is 11.6 Å². The van der Waals surface area contributed by atoms with Crippen molar-refractivity contribution in [2.45, 2.75) is 6.92 Å². The Hall–Kier alpha value is -2.97. The van der Waals surface area contributed by atoms with E-state index in [-0.39, 0.29) is 0 Å².